The van der Waals surface area contributed by atoms with Crippen LogP contribution < -0.4 is 4.90 Å². The van der Waals surface area contributed by atoms with Gasteiger partial charge in [-0.3, -0.25) is 10.1 Å². The molecule has 3 aromatic rings. The monoisotopic (exact) mass is 501 g/mol. The zero-order valence-electron chi connectivity index (χ0n) is 18.8. The van der Waals surface area contributed by atoms with Crippen LogP contribution in [0.5, 0.6) is 0 Å². The molecule has 1 aliphatic heterocycles. The second-order valence-electron chi connectivity index (χ2n) is 8.10. The third-order valence-electron chi connectivity index (χ3n) is 5.82. The molecule has 0 bridgehead atoms. The number of aryl methyl sites for hydroxylation is 2. The molecule has 1 fully saturated rings. The highest BCUT2D eigenvalue weighted by Gasteiger charge is 2.30. The van der Waals surface area contributed by atoms with Crippen molar-refractivity contribution in [2.75, 3.05) is 31.1 Å². The van der Waals surface area contributed by atoms with E-state index in [9.17, 15) is 18.5 Å². The number of sulfonamides is 1. The van der Waals surface area contributed by atoms with Gasteiger partial charge in [0, 0.05) is 61.0 Å². The lowest BCUT2D eigenvalue weighted by Gasteiger charge is -2.35. The number of halogens is 1. The first kappa shape index (κ1) is 24.1. The fourth-order valence-corrected chi connectivity index (χ4v) is 5.57. The Morgan fingerprint density at radius 3 is 2.18 bits per heavy atom. The minimum Gasteiger partial charge on any atom is -0.354 e. The third-order valence-corrected chi connectivity index (χ3v) is 7.99. The number of aromatic nitrogens is 2. The van der Waals surface area contributed by atoms with Crippen LogP contribution in [0.25, 0.3) is 0 Å². The van der Waals surface area contributed by atoms with E-state index in [-0.39, 0.29) is 23.7 Å². The van der Waals surface area contributed by atoms with E-state index in [1.165, 1.54) is 28.6 Å². The molecule has 1 saturated heterocycles. The van der Waals surface area contributed by atoms with Crippen LogP contribution in [0.2, 0.25) is 5.02 Å². The number of hydrogen-bond donors (Lipinski definition) is 0. The highest BCUT2D eigenvalue weighted by molar-refractivity contribution is 7.89. The predicted octanol–water partition coefficient (Wildman–Crippen LogP) is 3.76. The Labute approximate surface area is 203 Å². The molecule has 2 aromatic carbocycles. The Hall–Kier alpha value is -3.08. The van der Waals surface area contributed by atoms with Crippen LogP contribution in [0, 0.1) is 24.0 Å². The molecule has 0 radical (unpaired) electrons. The molecule has 11 heteroatoms. The van der Waals surface area contributed by atoms with Gasteiger partial charge in [-0.05, 0) is 43.7 Å². The summed E-state index contributed by atoms with van der Waals surface area (Å²) < 4.78 is 27.5. The Balaban J connectivity index is 1.53. The van der Waals surface area contributed by atoms with Crippen molar-refractivity contribution in [1.29, 1.82) is 0 Å². The average Bonchev–Trinajstić information content (AvgIpc) is 2.82. The molecule has 1 aromatic heterocycles. The van der Waals surface area contributed by atoms with Gasteiger partial charge >= 0.3 is 0 Å². The van der Waals surface area contributed by atoms with E-state index in [0.717, 1.165) is 22.6 Å². The van der Waals surface area contributed by atoms with E-state index in [2.05, 4.69) is 9.88 Å². The van der Waals surface area contributed by atoms with Crippen molar-refractivity contribution < 1.29 is 13.3 Å². The first-order valence-electron chi connectivity index (χ1n) is 10.7. The number of rotatable bonds is 6. The molecule has 0 atom stereocenters. The number of nitro benzene ring substituents is 1. The number of nitrogens with zero attached hydrogens (tertiary/aromatic N) is 5. The van der Waals surface area contributed by atoms with Gasteiger partial charge in [-0.1, -0.05) is 23.7 Å². The molecule has 0 unspecified atom stereocenters. The summed E-state index contributed by atoms with van der Waals surface area (Å²) in [6.07, 6.45) is 0.639. The lowest BCUT2D eigenvalue weighted by atomic mass is 10.0. The molecule has 0 aliphatic carbocycles. The number of hydrogen-bond acceptors (Lipinski definition) is 7. The van der Waals surface area contributed by atoms with Crippen molar-refractivity contribution in [1.82, 2.24) is 14.3 Å². The summed E-state index contributed by atoms with van der Waals surface area (Å²) in [6, 6.07) is 12.6. The highest BCUT2D eigenvalue weighted by Crippen LogP contribution is 2.27. The number of benzene rings is 2. The molecule has 9 nitrogen and oxygen atoms in total. The first-order valence-corrected chi connectivity index (χ1v) is 12.5. The van der Waals surface area contributed by atoms with E-state index in [0.29, 0.717) is 30.4 Å². The highest BCUT2D eigenvalue weighted by atomic mass is 35.5. The zero-order valence-corrected chi connectivity index (χ0v) is 20.4. The summed E-state index contributed by atoms with van der Waals surface area (Å²) in [4.78, 5) is 21.7. The van der Waals surface area contributed by atoms with Crippen LogP contribution in [0.15, 0.2) is 53.4 Å². The van der Waals surface area contributed by atoms with Gasteiger partial charge in [0.15, 0.2) is 0 Å². The third kappa shape index (κ3) is 5.03. The van der Waals surface area contributed by atoms with Crippen LogP contribution in [-0.2, 0) is 16.4 Å². The van der Waals surface area contributed by atoms with E-state index >= 15 is 0 Å². The second kappa shape index (κ2) is 9.65. The summed E-state index contributed by atoms with van der Waals surface area (Å²) in [7, 11) is -3.75. The van der Waals surface area contributed by atoms with Crippen LogP contribution in [0.4, 0.5) is 11.5 Å². The Kier molecular flexibility index (Phi) is 6.83. The molecule has 0 N–H and O–H groups in total. The minimum absolute atomic E-state index is 0.0451. The van der Waals surface area contributed by atoms with Gasteiger partial charge in [-0.2, -0.15) is 4.31 Å². The topological polar surface area (TPSA) is 110 Å². The molecule has 0 amide bonds. The molecule has 0 spiro atoms. The van der Waals surface area contributed by atoms with Crippen molar-refractivity contribution >= 4 is 33.1 Å². The second-order valence-corrected chi connectivity index (χ2v) is 10.5. The van der Waals surface area contributed by atoms with Gasteiger partial charge in [-0.15, -0.1) is 0 Å². The van der Waals surface area contributed by atoms with E-state index in [1.807, 2.05) is 38.1 Å². The Morgan fingerprint density at radius 1 is 0.971 bits per heavy atom. The average molecular weight is 502 g/mol. The fourth-order valence-electron chi connectivity index (χ4n) is 4.02. The van der Waals surface area contributed by atoms with Gasteiger partial charge in [-0.25, -0.2) is 18.4 Å². The van der Waals surface area contributed by atoms with Crippen LogP contribution in [0.3, 0.4) is 0 Å². The van der Waals surface area contributed by atoms with Crippen LogP contribution in [0.1, 0.15) is 22.6 Å². The predicted molar refractivity (Wildman–Crippen MR) is 130 cm³/mol. The summed E-state index contributed by atoms with van der Waals surface area (Å²) in [5, 5.41) is 11.5. The maximum Gasteiger partial charge on any atom is 0.269 e. The summed E-state index contributed by atoms with van der Waals surface area (Å²) in [6.45, 7) is 5.30. The smallest absolute Gasteiger partial charge is 0.269 e. The molecule has 34 heavy (non-hydrogen) atoms. The quantitative estimate of drug-likeness (QED) is 0.373. The molecule has 4 rings (SSSR count). The maximum atomic E-state index is 13.1. The van der Waals surface area contributed by atoms with Crippen LogP contribution in [-0.4, -0.2) is 53.8 Å². The van der Waals surface area contributed by atoms with Crippen molar-refractivity contribution in [2.24, 2.45) is 0 Å². The van der Waals surface area contributed by atoms with E-state index in [1.54, 1.807) is 0 Å². The van der Waals surface area contributed by atoms with Gasteiger partial charge in [0.2, 0.25) is 10.0 Å². The maximum absolute atomic E-state index is 13.1. The summed E-state index contributed by atoms with van der Waals surface area (Å²) >= 11 is 6.02. The molecule has 178 valence electrons. The van der Waals surface area contributed by atoms with Gasteiger partial charge < -0.3 is 4.90 Å². The van der Waals surface area contributed by atoms with Crippen molar-refractivity contribution in [3.05, 3.63) is 86.3 Å². The lowest BCUT2D eigenvalue weighted by Crippen LogP contribution is -2.49. The van der Waals surface area contributed by atoms with Crippen molar-refractivity contribution in [3.8, 4) is 0 Å². The van der Waals surface area contributed by atoms with Crippen molar-refractivity contribution in [2.45, 2.75) is 25.2 Å². The zero-order chi connectivity index (χ0) is 24.5. The number of nitro groups is 1. The van der Waals surface area contributed by atoms with Crippen LogP contribution >= 0.6 is 11.6 Å². The van der Waals surface area contributed by atoms with E-state index < -0.39 is 14.9 Å². The molecule has 0 saturated carbocycles. The minimum atomic E-state index is -3.75. The molecule has 2 heterocycles. The first-order chi connectivity index (χ1) is 16.1. The molecular formula is C23H24ClN5O4S. The molecular weight excluding hydrogens is 478 g/mol. The summed E-state index contributed by atoms with van der Waals surface area (Å²) in [5.41, 5.74) is 2.82. The largest absolute Gasteiger partial charge is 0.354 e. The van der Waals surface area contributed by atoms with Gasteiger partial charge in [0.25, 0.3) is 5.69 Å². The number of anilines is 1. The normalized spacial score (nSPS) is 14.9. The number of non-ortho nitro benzene ring substituents is 1. The number of piperazine rings is 1. The molecule has 1 aliphatic rings. The fraction of sp³-hybridized carbons (Fsp3) is 0.304. The Morgan fingerprint density at radius 2 is 1.59 bits per heavy atom. The van der Waals surface area contributed by atoms with Gasteiger partial charge in [0.1, 0.15) is 11.6 Å². The van der Waals surface area contributed by atoms with Gasteiger partial charge in [0.05, 0.1) is 9.82 Å². The van der Waals surface area contributed by atoms with Crippen molar-refractivity contribution in [3.63, 3.8) is 0 Å². The lowest BCUT2D eigenvalue weighted by molar-refractivity contribution is -0.384. The standard InChI is InChI=1S/C23H24ClN5O4S/c1-16-22(15-18-3-5-19(24)6-4-18)23(26-17(2)25-16)27-11-13-28(14-12-27)34(32,33)21-9-7-20(8-10-21)29(30)31/h3-10H,11-15H2,1-2H3. The van der Waals surface area contributed by atoms with E-state index in [4.69, 9.17) is 16.6 Å². The SMILES string of the molecule is Cc1nc(C)c(Cc2ccc(Cl)cc2)c(N2CCN(S(=O)(=O)c3ccc([N+](=O)[O-])cc3)CC2)n1. The summed E-state index contributed by atoms with van der Waals surface area (Å²) in [5.74, 6) is 1.47. The Bertz CT molecular complexity index is 1310.